The van der Waals surface area contributed by atoms with Gasteiger partial charge in [-0.25, -0.2) is 0 Å². The van der Waals surface area contributed by atoms with Gasteiger partial charge in [0.2, 0.25) is 5.91 Å². The van der Waals surface area contributed by atoms with E-state index in [1.165, 1.54) is 6.92 Å². The summed E-state index contributed by atoms with van der Waals surface area (Å²) in [6.07, 6.45) is 0.483. The Morgan fingerprint density at radius 2 is 1.75 bits per heavy atom. The van der Waals surface area contributed by atoms with Crippen molar-refractivity contribution in [2.24, 2.45) is 0 Å². The summed E-state index contributed by atoms with van der Waals surface area (Å²) in [5, 5.41) is 2.75. The maximum absolute atomic E-state index is 11.5. The molecule has 0 aliphatic carbocycles. The lowest BCUT2D eigenvalue weighted by Gasteiger charge is -2.08. The first kappa shape index (κ1) is 13.4. The predicted octanol–water partition coefficient (Wildman–Crippen LogP) is 3.52. The maximum Gasteiger partial charge on any atom is 0.224 e. The Kier molecular flexibility index (Phi) is 5.15. The van der Waals surface area contributed by atoms with Gasteiger partial charge in [-0.3, -0.25) is 4.79 Å². The van der Waals surface area contributed by atoms with E-state index in [0.29, 0.717) is 5.69 Å². The fourth-order valence-corrected chi connectivity index (χ4v) is 2.31. The average molecular weight is 349 g/mol. The van der Waals surface area contributed by atoms with Crippen LogP contribution in [-0.2, 0) is 9.59 Å². The number of hydrogen-bond acceptors (Lipinski definition) is 2. The van der Waals surface area contributed by atoms with Crippen LogP contribution in [0.25, 0.3) is 0 Å². The van der Waals surface area contributed by atoms with Gasteiger partial charge in [0.1, 0.15) is 5.78 Å². The lowest BCUT2D eigenvalue weighted by Crippen LogP contribution is -2.13. The van der Waals surface area contributed by atoms with Crippen LogP contribution in [0.2, 0.25) is 0 Å². The van der Waals surface area contributed by atoms with E-state index in [2.05, 4.69) is 37.2 Å². The molecule has 1 amide bonds. The van der Waals surface area contributed by atoms with Crippen molar-refractivity contribution in [3.63, 3.8) is 0 Å². The van der Waals surface area contributed by atoms with Gasteiger partial charge >= 0.3 is 0 Å². The Morgan fingerprint density at radius 3 is 2.25 bits per heavy atom. The van der Waals surface area contributed by atoms with Crippen LogP contribution in [0.5, 0.6) is 0 Å². The average Bonchev–Trinajstić information content (AvgIpc) is 2.21. The number of amides is 1. The molecular weight excluding hydrogens is 338 g/mol. The molecule has 1 rings (SSSR count). The number of hydrogen-bond donors (Lipinski definition) is 1. The van der Waals surface area contributed by atoms with E-state index in [4.69, 9.17) is 0 Å². The van der Waals surface area contributed by atoms with E-state index in [0.717, 1.165) is 8.95 Å². The summed E-state index contributed by atoms with van der Waals surface area (Å²) in [7, 11) is 0. The molecule has 1 N–H and O–H groups in total. The summed E-state index contributed by atoms with van der Waals surface area (Å²) in [5.41, 5.74) is 0.691. The second-order valence-electron chi connectivity index (χ2n) is 3.35. The van der Waals surface area contributed by atoms with E-state index < -0.39 is 0 Å². The van der Waals surface area contributed by atoms with Crippen molar-refractivity contribution in [2.45, 2.75) is 19.8 Å². The lowest BCUT2D eigenvalue weighted by atomic mass is 10.2. The number of carbonyl (C=O) groups is 2. The summed E-state index contributed by atoms with van der Waals surface area (Å²) in [6, 6.07) is 5.54. The highest BCUT2D eigenvalue weighted by atomic mass is 79.9. The number of para-hydroxylation sites is 1. The van der Waals surface area contributed by atoms with Gasteiger partial charge in [-0.1, -0.05) is 6.07 Å². The molecule has 3 nitrogen and oxygen atoms in total. The highest BCUT2D eigenvalue weighted by molar-refractivity contribution is 9.11. The summed E-state index contributed by atoms with van der Waals surface area (Å²) in [5.74, 6) is -0.149. The van der Waals surface area contributed by atoms with Crippen LogP contribution in [-0.4, -0.2) is 11.7 Å². The number of ketones is 1. The van der Waals surface area contributed by atoms with Crippen molar-refractivity contribution in [1.82, 2.24) is 0 Å². The third-order valence-corrected chi connectivity index (χ3v) is 3.25. The minimum absolute atomic E-state index is 0.0151. The zero-order valence-corrected chi connectivity index (χ0v) is 11.9. The molecule has 5 heteroatoms. The molecule has 1 aromatic rings. The molecule has 0 aliphatic rings. The van der Waals surface area contributed by atoms with Gasteiger partial charge in [-0.15, -0.1) is 0 Å². The zero-order valence-electron chi connectivity index (χ0n) is 8.72. The molecule has 0 fully saturated rings. The van der Waals surface area contributed by atoms with Gasteiger partial charge in [-0.05, 0) is 50.9 Å². The summed E-state index contributed by atoms with van der Waals surface area (Å²) in [4.78, 5) is 22.3. The van der Waals surface area contributed by atoms with Crippen molar-refractivity contribution in [3.05, 3.63) is 27.1 Å². The van der Waals surface area contributed by atoms with Crippen molar-refractivity contribution in [1.29, 1.82) is 0 Å². The highest BCUT2D eigenvalue weighted by Crippen LogP contribution is 2.30. The molecule has 0 unspecified atom stereocenters. The molecule has 86 valence electrons. The van der Waals surface area contributed by atoms with E-state index in [1.807, 2.05) is 18.2 Å². The molecule has 0 aromatic heterocycles. The van der Waals surface area contributed by atoms with Gasteiger partial charge in [0.25, 0.3) is 0 Å². The molecule has 1 aromatic carbocycles. The summed E-state index contributed by atoms with van der Waals surface area (Å²) in [6.45, 7) is 1.47. The fourth-order valence-electron chi connectivity index (χ4n) is 1.11. The normalized spacial score (nSPS) is 9.94. The molecule has 16 heavy (non-hydrogen) atoms. The van der Waals surface area contributed by atoms with Crippen LogP contribution in [0.15, 0.2) is 27.1 Å². The van der Waals surface area contributed by atoms with Crippen molar-refractivity contribution >= 4 is 49.2 Å². The lowest BCUT2D eigenvalue weighted by molar-refractivity contribution is -0.121. The molecule has 0 radical (unpaired) electrons. The third-order valence-electron chi connectivity index (χ3n) is 1.93. The topological polar surface area (TPSA) is 46.2 Å². The van der Waals surface area contributed by atoms with Crippen molar-refractivity contribution in [2.75, 3.05) is 5.32 Å². The third kappa shape index (κ3) is 4.06. The van der Waals surface area contributed by atoms with Gasteiger partial charge in [0.15, 0.2) is 0 Å². The largest absolute Gasteiger partial charge is 0.324 e. The van der Waals surface area contributed by atoms with E-state index in [-0.39, 0.29) is 24.5 Å². The minimum atomic E-state index is -0.164. The molecule has 0 spiro atoms. The predicted molar refractivity (Wildman–Crippen MR) is 70.4 cm³/mol. The zero-order chi connectivity index (χ0) is 12.1. The number of rotatable bonds is 4. The second-order valence-corrected chi connectivity index (χ2v) is 5.06. The molecule has 0 bridgehead atoms. The van der Waals surface area contributed by atoms with Crippen LogP contribution in [0.4, 0.5) is 5.69 Å². The Morgan fingerprint density at radius 1 is 1.19 bits per heavy atom. The van der Waals surface area contributed by atoms with Gasteiger partial charge in [-0.2, -0.15) is 0 Å². The molecule has 0 atom stereocenters. The Hall–Kier alpha value is -0.680. The van der Waals surface area contributed by atoms with Crippen molar-refractivity contribution < 1.29 is 9.59 Å². The molecule has 0 aliphatic heterocycles. The Labute approximate surface area is 111 Å². The number of anilines is 1. The SMILES string of the molecule is CC(=O)CCC(=O)Nc1c(Br)cccc1Br. The number of benzene rings is 1. The van der Waals surface area contributed by atoms with Crippen LogP contribution in [0.3, 0.4) is 0 Å². The summed E-state index contributed by atoms with van der Waals surface area (Å²) >= 11 is 6.69. The van der Waals surface area contributed by atoms with E-state index in [9.17, 15) is 9.59 Å². The molecule has 0 saturated heterocycles. The number of Topliss-reactive ketones (excluding diaryl/α,β-unsaturated/α-hetero) is 1. The number of nitrogens with one attached hydrogen (secondary N) is 1. The Balaban J connectivity index is 2.66. The molecular formula is C11H11Br2NO2. The first-order valence-electron chi connectivity index (χ1n) is 4.74. The van der Waals surface area contributed by atoms with E-state index >= 15 is 0 Å². The van der Waals surface area contributed by atoms with Gasteiger partial charge in [0.05, 0.1) is 5.69 Å². The number of halogens is 2. The standard InChI is InChI=1S/C11H11Br2NO2/c1-7(15)5-6-10(16)14-11-8(12)3-2-4-9(11)13/h2-4H,5-6H2,1H3,(H,14,16). The molecule has 0 saturated carbocycles. The van der Waals surface area contributed by atoms with Crippen LogP contribution in [0.1, 0.15) is 19.8 Å². The first-order valence-corrected chi connectivity index (χ1v) is 6.32. The number of carbonyl (C=O) groups excluding carboxylic acids is 2. The van der Waals surface area contributed by atoms with Crippen molar-refractivity contribution in [3.8, 4) is 0 Å². The summed E-state index contributed by atoms with van der Waals surface area (Å²) < 4.78 is 1.61. The smallest absolute Gasteiger partial charge is 0.224 e. The van der Waals surface area contributed by atoms with Crippen LogP contribution < -0.4 is 5.32 Å². The minimum Gasteiger partial charge on any atom is -0.324 e. The fraction of sp³-hybridized carbons (Fsp3) is 0.273. The second kappa shape index (κ2) is 6.15. The van der Waals surface area contributed by atoms with Crippen LogP contribution >= 0.6 is 31.9 Å². The quantitative estimate of drug-likeness (QED) is 0.904. The van der Waals surface area contributed by atoms with Crippen LogP contribution in [0, 0.1) is 0 Å². The van der Waals surface area contributed by atoms with Gasteiger partial charge < -0.3 is 10.1 Å². The highest BCUT2D eigenvalue weighted by Gasteiger charge is 2.09. The first-order chi connectivity index (χ1) is 7.50. The molecule has 0 heterocycles. The monoisotopic (exact) mass is 347 g/mol. The maximum atomic E-state index is 11.5. The van der Waals surface area contributed by atoms with E-state index in [1.54, 1.807) is 0 Å². The Bertz CT molecular complexity index is 398. The van der Waals surface area contributed by atoms with Gasteiger partial charge in [0, 0.05) is 21.8 Å².